The summed E-state index contributed by atoms with van der Waals surface area (Å²) in [6, 6.07) is 11.2. The Morgan fingerprint density at radius 1 is 1.19 bits per heavy atom. The second-order valence-corrected chi connectivity index (χ2v) is 8.36. The van der Waals surface area contributed by atoms with E-state index >= 15 is 0 Å². The van der Waals surface area contributed by atoms with Crippen molar-refractivity contribution in [2.45, 2.75) is 19.8 Å². The van der Waals surface area contributed by atoms with Crippen molar-refractivity contribution in [1.82, 2.24) is 0 Å². The molecule has 0 N–H and O–H groups in total. The number of hydrazone groups is 1. The number of carbonyl (C=O) groups is 1. The van der Waals surface area contributed by atoms with Crippen LogP contribution in [0.25, 0.3) is 0 Å². The van der Waals surface area contributed by atoms with Crippen molar-refractivity contribution < 1.29 is 19.0 Å². The molecule has 2 aromatic carbocycles. The number of halogens is 1. The van der Waals surface area contributed by atoms with Gasteiger partial charge in [-0.05, 0) is 66.2 Å². The maximum absolute atomic E-state index is 11.8. The van der Waals surface area contributed by atoms with Gasteiger partial charge in [0.1, 0.15) is 5.03 Å². The third-order valence-electron chi connectivity index (χ3n) is 4.95. The lowest BCUT2D eigenvalue weighted by atomic mass is 9.96. The van der Waals surface area contributed by atoms with Gasteiger partial charge in [0.05, 0.1) is 25.6 Å². The number of benzene rings is 2. The molecule has 4 rings (SSSR count). The zero-order valence-electron chi connectivity index (χ0n) is 17.9. The molecule has 9 heteroatoms. The number of allylic oxidation sites excluding steroid dienone is 1. The molecule has 166 valence electrons. The first-order valence-corrected chi connectivity index (χ1v) is 11.3. The van der Waals surface area contributed by atoms with E-state index in [4.69, 9.17) is 30.8 Å². The van der Waals surface area contributed by atoms with Gasteiger partial charge in [0.15, 0.2) is 11.5 Å². The van der Waals surface area contributed by atoms with Gasteiger partial charge in [0, 0.05) is 23.6 Å². The number of esters is 1. The van der Waals surface area contributed by atoms with Crippen molar-refractivity contribution in [2.75, 3.05) is 25.8 Å². The van der Waals surface area contributed by atoms with Crippen molar-refractivity contribution >= 4 is 46.0 Å². The molecule has 0 unspecified atom stereocenters. The first kappa shape index (κ1) is 22.2. The van der Waals surface area contributed by atoms with E-state index in [0.717, 1.165) is 34.0 Å². The first-order valence-electron chi connectivity index (χ1n) is 10.1. The molecular weight excluding hydrogens is 450 g/mol. The number of fused-ring (bicyclic) bond motifs is 1. The van der Waals surface area contributed by atoms with Crippen LogP contribution in [0.3, 0.4) is 0 Å². The number of thioether (sulfide) groups is 1. The molecule has 2 aliphatic heterocycles. The van der Waals surface area contributed by atoms with Crippen LogP contribution in [0.15, 0.2) is 57.6 Å². The number of carbonyl (C=O) groups excluding carboxylic acids is 1. The second-order valence-electron chi connectivity index (χ2n) is 6.95. The third kappa shape index (κ3) is 4.61. The molecule has 0 aliphatic carbocycles. The van der Waals surface area contributed by atoms with Crippen LogP contribution in [0.2, 0.25) is 5.02 Å². The molecule has 32 heavy (non-hydrogen) atoms. The molecule has 0 saturated carbocycles. The fourth-order valence-corrected chi connectivity index (χ4v) is 4.31. The molecule has 0 fully saturated rings. The Morgan fingerprint density at radius 3 is 2.59 bits per heavy atom. The van der Waals surface area contributed by atoms with Crippen LogP contribution in [-0.2, 0) is 16.0 Å². The van der Waals surface area contributed by atoms with Crippen molar-refractivity contribution in [2.24, 2.45) is 10.1 Å². The summed E-state index contributed by atoms with van der Waals surface area (Å²) in [6.07, 6.45) is 3.02. The van der Waals surface area contributed by atoms with E-state index < -0.39 is 0 Å². The molecule has 2 aliphatic rings. The number of hydrogen-bond donors (Lipinski definition) is 0. The van der Waals surface area contributed by atoms with Crippen LogP contribution >= 0.6 is 23.4 Å². The number of hydrogen-bond acceptors (Lipinski definition) is 8. The maximum atomic E-state index is 11.8. The number of ether oxygens (including phenoxy) is 3. The lowest BCUT2D eigenvalue weighted by Gasteiger charge is -2.20. The van der Waals surface area contributed by atoms with Gasteiger partial charge in [-0.25, -0.2) is 5.01 Å². The summed E-state index contributed by atoms with van der Waals surface area (Å²) in [7, 11) is 3.24. The van der Waals surface area contributed by atoms with Crippen LogP contribution in [0.1, 0.15) is 24.5 Å². The summed E-state index contributed by atoms with van der Waals surface area (Å²) in [6.45, 7) is 2.40. The monoisotopic (exact) mass is 471 g/mol. The highest BCUT2D eigenvalue weighted by Crippen LogP contribution is 2.38. The fraction of sp³-hybridized carbons (Fsp3) is 0.261. The summed E-state index contributed by atoms with van der Waals surface area (Å²) < 4.78 is 16.3. The smallest absolute Gasteiger partial charge is 0.312 e. The molecule has 0 atom stereocenters. The van der Waals surface area contributed by atoms with Crippen LogP contribution in [0.5, 0.6) is 11.5 Å². The first-order chi connectivity index (χ1) is 15.5. The second kappa shape index (κ2) is 9.67. The Balaban J connectivity index is 1.72. The molecule has 2 heterocycles. The highest BCUT2D eigenvalue weighted by Gasteiger charge is 2.28. The van der Waals surface area contributed by atoms with Gasteiger partial charge in [-0.1, -0.05) is 18.5 Å². The minimum absolute atomic E-state index is 0.265. The van der Waals surface area contributed by atoms with E-state index in [9.17, 15) is 4.79 Å². The van der Waals surface area contributed by atoms with Crippen LogP contribution in [-0.4, -0.2) is 37.7 Å². The van der Waals surface area contributed by atoms with E-state index in [1.165, 1.54) is 11.8 Å². The summed E-state index contributed by atoms with van der Waals surface area (Å²) in [5, 5.41) is 7.86. The number of nitrogens with zero attached hydrogens (tertiary/aromatic N) is 3. The van der Waals surface area contributed by atoms with Gasteiger partial charge >= 0.3 is 5.97 Å². The Bertz CT molecular complexity index is 1130. The SMILES string of the molecule is CCC(=O)OC1=NN(c2ccc(Cl)cc2)/C(=C\C2=NCCc3cc(OC)c(OC)cc32)S1. The molecule has 0 amide bonds. The number of rotatable bonds is 5. The molecule has 0 saturated heterocycles. The standard InChI is InChI=1S/C23H22ClN3O4S/c1-4-22(28)31-23-26-27(16-7-5-15(24)6-8-16)21(32-23)13-18-17-12-20(30-3)19(29-2)11-14(17)9-10-25-18/h5-8,11-13H,4,9-10H2,1-3H3/b21-13+. The predicted molar refractivity (Wildman–Crippen MR) is 128 cm³/mol. The summed E-state index contributed by atoms with van der Waals surface area (Å²) in [5.74, 6) is 0.989. The molecule has 0 aromatic heterocycles. The number of aliphatic imine (C=N–C) groups is 1. The van der Waals surface area contributed by atoms with Gasteiger partial charge in [-0.3, -0.25) is 9.79 Å². The Kier molecular flexibility index (Phi) is 6.72. The Hall–Kier alpha value is -2.97. The zero-order chi connectivity index (χ0) is 22.7. The lowest BCUT2D eigenvalue weighted by molar-refractivity contribution is -0.134. The largest absolute Gasteiger partial charge is 0.493 e. The molecule has 7 nitrogen and oxygen atoms in total. The maximum Gasteiger partial charge on any atom is 0.312 e. The highest BCUT2D eigenvalue weighted by molar-refractivity contribution is 8.17. The van der Waals surface area contributed by atoms with Gasteiger partial charge < -0.3 is 14.2 Å². The summed E-state index contributed by atoms with van der Waals surface area (Å²) >= 11 is 7.32. The van der Waals surface area contributed by atoms with Crippen molar-refractivity contribution in [3.8, 4) is 11.5 Å². The molecule has 2 aromatic rings. The highest BCUT2D eigenvalue weighted by atomic mass is 35.5. The minimum Gasteiger partial charge on any atom is -0.493 e. The Labute approximate surface area is 195 Å². The van der Waals surface area contributed by atoms with Gasteiger partial charge in [0.25, 0.3) is 5.23 Å². The lowest BCUT2D eigenvalue weighted by Crippen LogP contribution is -2.15. The van der Waals surface area contributed by atoms with Gasteiger partial charge in [-0.15, -0.1) is 5.10 Å². The predicted octanol–water partition coefficient (Wildman–Crippen LogP) is 5.02. The molecule has 0 spiro atoms. The quantitative estimate of drug-likeness (QED) is 0.570. The van der Waals surface area contributed by atoms with Crippen LogP contribution < -0.4 is 14.5 Å². The number of methoxy groups -OCH3 is 2. The summed E-state index contributed by atoms with van der Waals surface area (Å²) in [4.78, 5) is 16.6. The normalized spacial score (nSPS) is 16.4. The average Bonchev–Trinajstić information content (AvgIpc) is 3.20. The van der Waals surface area contributed by atoms with E-state index in [0.29, 0.717) is 23.1 Å². The van der Waals surface area contributed by atoms with Gasteiger partial charge in [0.2, 0.25) is 0 Å². The average molecular weight is 472 g/mol. The molecule has 0 bridgehead atoms. The molecular formula is C23H22ClN3O4S. The minimum atomic E-state index is -0.342. The van der Waals surface area contributed by atoms with Crippen LogP contribution in [0.4, 0.5) is 5.69 Å². The molecule has 0 radical (unpaired) electrons. The van der Waals surface area contributed by atoms with Crippen LogP contribution in [0, 0.1) is 0 Å². The van der Waals surface area contributed by atoms with E-state index in [1.54, 1.807) is 38.3 Å². The zero-order valence-corrected chi connectivity index (χ0v) is 19.5. The summed E-state index contributed by atoms with van der Waals surface area (Å²) in [5.41, 5.74) is 3.69. The van der Waals surface area contributed by atoms with E-state index in [2.05, 4.69) is 5.10 Å². The topological polar surface area (TPSA) is 72.7 Å². The van der Waals surface area contributed by atoms with Crippen molar-refractivity contribution in [1.29, 1.82) is 0 Å². The Morgan fingerprint density at radius 2 is 1.91 bits per heavy atom. The fourth-order valence-electron chi connectivity index (χ4n) is 3.34. The third-order valence-corrected chi connectivity index (χ3v) is 6.04. The van der Waals surface area contributed by atoms with E-state index in [1.807, 2.05) is 30.3 Å². The van der Waals surface area contributed by atoms with Gasteiger partial charge in [-0.2, -0.15) is 0 Å². The van der Waals surface area contributed by atoms with Crippen molar-refractivity contribution in [3.63, 3.8) is 0 Å². The number of anilines is 1. The van der Waals surface area contributed by atoms with E-state index in [-0.39, 0.29) is 17.6 Å². The van der Waals surface area contributed by atoms with Crippen molar-refractivity contribution in [3.05, 3.63) is 63.7 Å².